The first-order chi connectivity index (χ1) is 9.61. The molecular weight excluding hydrogens is 283 g/mol. The summed E-state index contributed by atoms with van der Waals surface area (Å²) in [6, 6.07) is 4.08. The number of nitrogens with zero attached hydrogens (tertiary/aromatic N) is 1. The lowest BCUT2D eigenvalue weighted by atomic mass is 10.2. The lowest BCUT2D eigenvalue weighted by Crippen LogP contribution is -2.43. The van der Waals surface area contributed by atoms with Crippen molar-refractivity contribution in [2.75, 3.05) is 26.7 Å². The molecule has 6 heteroatoms. The highest BCUT2D eigenvalue weighted by atomic mass is 35.5. The lowest BCUT2D eigenvalue weighted by molar-refractivity contribution is -0.134. The van der Waals surface area contributed by atoms with Gasteiger partial charge >= 0.3 is 0 Å². The van der Waals surface area contributed by atoms with Crippen LogP contribution in [0.4, 0.5) is 4.39 Å². The molecule has 0 aliphatic carbocycles. The van der Waals surface area contributed by atoms with E-state index in [4.69, 9.17) is 16.3 Å². The van der Waals surface area contributed by atoms with E-state index in [2.05, 4.69) is 5.32 Å². The molecule has 1 aromatic rings. The number of benzene rings is 1. The third-order valence-electron chi connectivity index (χ3n) is 3.38. The predicted octanol–water partition coefficient (Wildman–Crippen LogP) is 2.07. The maximum Gasteiger partial charge on any atom is 0.260 e. The van der Waals surface area contributed by atoms with Gasteiger partial charge in [-0.3, -0.25) is 4.79 Å². The molecule has 0 aromatic heterocycles. The maximum absolute atomic E-state index is 12.9. The molecule has 1 aliphatic rings. The summed E-state index contributed by atoms with van der Waals surface area (Å²) in [6.45, 7) is 1.46. The Morgan fingerprint density at radius 1 is 1.60 bits per heavy atom. The van der Waals surface area contributed by atoms with E-state index in [1.54, 1.807) is 0 Å². The van der Waals surface area contributed by atoms with Gasteiger partial charge in [0.1, 0.15) is 11.6 Å². The third-order valence-corrected chi connectivity index (χ3v) is 3.68. The molecule has 1 unspecified atom stereocenters. The van der Waals surface area contributed by atoms with E-state index in [-0.39, 0.29) is 23.6 Å². The molecule has 1 fully saturated rings. The number of carbonyl (C=O) groups is 1. The highest BCUT2D eigenvalue weighted by Gasteiger charge is 2.28. The predicted molar refractivity (Wildman–Crippen MR) is 75.6 cm³/mol. The quantitative estimate of drug-likeness (QED) is 0.905. The van der Waals surface area contributed by atoms with Crippen LogP contribution in [-0.4, -0.2) is 43.6 Å². The summed E-state index contributed by atoms with van der Waals surface area (Å²) in [5.41, 5.74) is 0. The summed E-state index contributed by atoms with van der Waals surface area (Å²) in [6.07, 6.45) is 2.01. The van der Waals surface area contributed by atoms with Gasteiger partial charge in [-0.25, -0.2) is 4.39 Å². The zero-order chi connectivity index (χ0) is 14.5. The molecule has 110 valence electrons. The van der Waals surface area contributed by atoms with E-state index in [9.17, 15) is 9.18 Å². The Hall–Kier alpha value is -1.33. The van der Waals surface area contributed by atoms with E-state index in [0.717, 1.165) is 25.9 Å². The van der Waals surface area contributed by atoms with E-state index in [1.807, 2.05) is 11.9 Å². The van der Waals surface area contributed by atoms with E-state index >= 15 is 0 Å². The second-order valence-electron chi connectivity index (χ2n) is 4.80. The molecule has 2 rings (SSSR count). The van der Waals surface area contributed by atoms with Gasteiger partial charge in [0.15, 0.2) is 6.61 Å². The monoisotopic (exact) mass is 300 g/mol. The summed E-state index contributed by atoms with van der Waals surface area (Å²) in [5.74, 6) is -0.170. The zero-order valence-electron chi connectivity index (χ0n) is 11.4. The second kappa shape index (κ2) is 6.90. The van der Waals surface area contributed by atoms with Crippen molar-refractivity contribution in [2.24, 2.45) is 0 Å². The van der Waals surface area contributed by atoms with Crippen LogP contribution < -0.4 is 10.1 Å². The van der Waals surface area contributed by atoms with Crippen molar-refractivity contribution in [2.45, 2.75) is 18.9 Å². The van der Waals surface area contributed by atoms with Gasteiger partial charge in [-0.2, -0.15) is 0 Å². The summed E-state index contributed by atoms with van der Waals surface area (Å²) in [4.78, 5) is 14.0. The fourth-order valence-corrected chi connectivity index (χ4v) is 2.65. The molecule has 1 N–H and O–H groups in total. The number of hydrogen-bond donors (Lipinski definition) is 1. The van der Waals surface area contributed by atoms with Gasteiger partial charge in [0, 0.05) is 19.1 Å². The Morgan fingerprint density at radius 3 is 3.10 bits per heavy atom. The van der Waals surface area contributed by atoms with Crippen LogP contribution in [0.5, 0.6) is 5.75 Å². The minimum Gasteiger partial charge on any atom is -0.482 e. The number of carbonyl (C=O) groups excluding carboxylic acids is 1. The molecule has 1 amide bonds. The van der Waals surface area contributed by atoms with Crippen LogP contribution in [0.15, 0.2) is 18.2 Å². The van der Waals surface area contributed by atoms with E-state index < -0.39 is 5.82 Å². The maximum atomic E-state index is 12.9. The molecule has 20 heavy (non-hydrogen) atoms. The van der Waals surface area contributed by atoms with Crippen molar-refractivity contribution in [3.8, 4) is 5.75 Å². The first-order valence-corrected chi connectivity index (χ1v) is 7.01. The molecule has 0 saturated carbocycles. The average molecular weight is 301 g/mol. The first kappa shape index (κ1) is 15.1. The topological polar surface area (TPSA) is 41.6 Å². The number of hydrogen-bond acceptors (Lipinski definition) is 3. The minimum atomic E-state index is -0.428. The van der Waals surface area contributed by atoms with Crippen molar-refractivity contribution in [3.63, 3.8) is 0 Å². The molecule has 1 heterocycles. The van der Waals surface area contributed by atoms with Gasteiger partial charge in [0.25, 0.3) is 5.91 Å². The Labute approximate surface area is 122 Å². The van der Waals surface area contributed by atoms with Crippen LogP contribution in [0, 0.1) is 5.82 Å². The second-order valence-corrected chi connectivity index (χ2v) is 5.21. The molecule has 0 spiro atoms. The fourth-order valence-electron chi connectivity index (χ4n) is 2.43. The van der Waals surface area contributed by atoms with Crippen LogP contribution in [0.25, 0.3) is 0 Å². The van der Waals surface area contributed by atoms with Crippen LogP contribution in [0.3, 0.4) is 0 Å². The smallest absolute Gasteiger partial charge is 0.260 e. The van der Waals surface area contributed by atoms with Crippen LogP contribution >= 0.6 is 11.6 Å². The Bertz CT molecular complexity index is 484. The lowest BCUT2D eigenvalue weighted by Gasteiger charge is -2.24. The number of ether oxygens (including phenoxy) is 1. The van der Waals surface area contributed by atoms with Crippen molar-refractivity contribution in [1.29, 1.82) is 0 Å². The van der Waals surface area contributed by atoms with E-state index in [1.165, 1.54) is 18.2 Å². The highest BCUT2D eigenvalue weighted by molar-refractivity contribution is 6.32. The zero-order valence-corrected chi connectivity index (χ0v) is 12.1. The van der Waals surface area contributed by atoms with Crippen molar-refractivity contribution >= 4 is 17.5 Å². The molecule has 1 aromatic carbocycles. The summed E-state index contributed by atoms with van der Waals surface area (Å²) in [7, 11) is 1.87. The average Bonchev–Trinajstić information content (AvgIpc) is 2.86. The van der Waals surface area contributed by atoms with Crippen molar-refractivity contribution in [1.82, 2.24) is 10.2 Å². The number of amides is 1. The normalized spacial score (nSPS) is 18.4. The number of rotatable bonds is 5. The van der Waals surface area contributed by atoms with Gasteiger partial charge in [0.05, 0.1) is 5.02 Å². The molecule has 1 atom stereocenters. The van der Waals surface area contributed by atoms with Crippen LogP contribution in [0.2, 0.25) is 5.02 Å². The van der Waals surface area contributed by atoms with Gasteiger partial charge < -0.3 is 15.0 Å². The molecule has 0 radical (unpaired) electrons. The van der Waals surface area contributed by atoms with E-state index in [0.29, 0.717) is 5.75 Å². The van der Waals surface area contributed by atoms with Crippen LogP contribution in [0.1, 0.15) is 12.8 Å². The largest absolute Gasteiger partial charge is 0.482 e. The number of nitrogens with one attached hydrogen (secondary N) is 1. The summed E-state index contributed by atoms with van der Waals surface area (Å²) in [5, 5.41) is 3.26. The standard InChI is InChI=1S/C14H18ClFN2O2/c1-17-8-11-3-2-6-18(11)14(19)9-20-13-5-4-10(16)7-12(13)15/h4-5,7,11,17H,2-3,6,8-9H2,1H3. The van der Waals surface area contributed by atoms with Crippen molar-refractivity contribution in [3.05, 3.63) is 29.0 Å². The minimum absolute atomic E-state index is 0.0665. The summed E-state index contributed by atoms with van der Waals surface area (Å²) >= 11 is 5.85. The molecule has 1 saturated heterocycles. The molecule has 1 aliphatic heterocycles. The first-order valence-electron chi connectivity index (χ1n) is 6.63. The summed E-state index contributed by atoms with van der Waals surface area (Å²) < 4.78 is 18.3. The Kier molecular flexibility index (Phi) is 5.20. The van der Waals surface area contributed by atoms with Gasteiger partial charge in [0.2, 0.25) is 0 Å². The highest BCUT2D eigenvalue weighted by Crippen LogP contribution is 2.25. The third kappa shape index (κ3) is 3.61. The molecular formula is C14H18ClFN2O2. The number of halogens is 2. The fraction of sp³-hybridized carbons (Fsp3) is 0.500. The Balaban J connectivity index is 1.91. The van der Waals surface area contributed by atoms with Gasteiger partial charge in [-0.05, 0) is 38.1 Å². The Morgan fingerprint density at radius 2 is 2.40 bits per heavy atom. The van der Waals surface area contributed by atoms with Crippen molar-refractivity contribution < 1.29 is 13.9 Å². The number of likely N-dealkylation sites (tertiary alicyclic amines) is 1. The SMILES string of the molecule is CNCC1CCCN1C(=O)COc1ccc(F)cc1Cl. The molecule has 0 bridgehead atoms. The van der Waals surface area contributed by atoms with Gasteiger partial charge in [-0.1, -0.05) is 11.6 Å². The number of likely N-dealkylation sites (N-methyl/N-ethyl adjacent to an activating group) is 1. The molecule has 4 nitrogen and oxygen atoms in total. The van der Waals surface area contributed by atoms with Crippen LogP contribution in [-0.2, 0) is 4.79 Å². The van der Waals surface area contributed by atoms with Gasteiger partial charge in [-0.15, -0.1) is 0 Å².